The molecule has 0 amide bonds. The molecule has 258 valence electrons. The summed E-state index contributed by atoms with van der Waals surface area (Å²) in [6.45, 7) is 21.9. The average Bonchev–Trinajstić information content (AvgIpc) is 3.12. The van der Waals surface area contributed by atoms with Crippen LogP contribution in [0.15, 0.2) is 109 Å². The van der Waals surface area contributed by atoms with Gasteiger partial charge in [-0.15, -0.1) is 0 Å². The van der Waals surface area contributed by atoms with Gasteiger partial charge in [0.15, 0.2) is 0 Å². The Labute approximate surface area is 302 Å². The lowest BCUT2D eigenvalue weighted by molar-refractivity contribution is 0.745. The largest absolute Gasteiger partial charge is 0.372 e. The number of hydrogen-bond acceptors (Lipinski definition) is 2. The second-order valence-electron chi connectivity index (χ2n) is 13.7. The molecule has 0 aliphatic rings. The van der Waals surface area contributed by atoms with E-state index in [4.69, 9.17) is 0 Å². The van der Waals surface area contributed by atoms with E-state index in [0.29, 0.717) is 0 Å². The fourth-order valence-corrected chi connectivity index (χ4v) is 7.09. The third kappa shape index (κ3) is 8.85. The Hall–Kier alpha value is -4.82. The Balaban J connectivity index is 1.54. The van der Waals surface area contributed by atoms with Crippen molar-refractivity contribution in [2.75, 3.05) is 36.0 Å². The third-order valence-electron chi connectivity index (χ3n) is 9.74. The lowest BCUT2D eigenvalue weighted by Gasteiger charge is -2.24. The monoisotopic (exact) mass is 660 g/mol. The van der Waals surface area contributed by atoms with E-state index in [1.165, 1.54) is 78.2 Å². The average molecular weight is 661 g/mol. The van der Waals surface area contributed by atoms with Gasteiger partial charge in [-0.3, -0.25) is 0 Å². The molecule has 0 aliphatic heterocycles. The second-order valence-corrected chi connectivity index (χ2v) is 13.7. The predicted molar refractivity (Wildman–Crippen MR) is 221 cm³/mol. The number of nitrogens with zero attached hydrogens (tertiary/aromatic N) is 2. The lowest BCUT2D eigenvalue weighted by Crippen LogP contribution is -2.24. The summed E-state index contributed by atoms with van der Waals surface area (Å²) >= 11 is 0. The Bertz CT molecular complexity index is 1900. The van der Waals surface area contributed by atoms with Crippen molar-refractivity contribution >= 4 is 34.7 Å². The first-order valence-corrected chi connectivity index (χ1v) is 18.6. The van der Waals surface area contributed by atoms with Crippen LogP contribution in [0.4, 0.5) is 11.4 Å². The standard InChI is InChI=1S/C48H56N2/c1-9-29-50(30-10-2)44-25-21-42(22-26-44)48(46-28-14-36(6)32-38(46)8)34-40-17-15-39(16-18-40)33-47(45-27-13-35(5)31-37(45)7)41-19-23-43(24-20-41)49(11-3)12-4/h13-28,31-34H,9-12,29-30H2,1-8H3. The number of rotatable bonds is 14. The SMILES string of the molecule is CCCN(CCC)c1ccc(C(=Cc2ccc(C=C(c3ccc(N(CC)CC)cc3)c3ccc(C)cc3C)cc2)c2ccc(C)cc2C)cc1. The van der Waals surface area contributed by atoms with Crippen LogP contribution in [0.3, 0.4) is 0 Å². The molecular weight excluding hydrogens is 605 g/mol. The van der Waals surface area contributed by atoms with Crippen molar-refractivity contribution in [3.05, 3.63) is 165 Å². The zero-order valence-corrected chi connectivity index (χ0v) is 31.7. The van der Waals surface area contributed by atoms with Crippen molar-refractivity contribution in [3.63, 3.8) is 0 Å². The van der Waals surface area contributed by atoms with Gasteiger partial charge in [-0.1, -0.05) is 110 Å². The number of anilines is 2. The molecule has 5 aromatic carbocycles. The van der Waals surface area contributed by atoms with Gasteiger partial charge in [-0.05, 0) is 146 Å². The number of benzene rings is 5. The molecule has 0 saturated heterocycles. The van der Waals surface area contributed by atoms with Gasteiger partial charge in [0, 0.05) is 37.6 Å². The molecular formula is C48H56N2. The van der Waals surface area contributed by atoms with Crippen LogP contribution in [0.2, 0.25) is 0 Å². The van der Waals surface area contributed by atoms with Crippen molar-refractivity contribution in [1.82, 2.24) is 0 Å². The van der Waals surface area contributed by atoms with E-state index >= 15 is 0 Å². The molecule has 0 N–H and O–H groups in total. The number of aryl methyl sites for hydroxylation is 4. The van der Waals surface area contributed by atoms with Gasteiger partial charge < -0.3 is 9.80 Å². The zero-order valence-electron chi connectivity index (χ0n) is 31.7. The first kappa shape index (κ1) is 36.5. The highest BCUT2D eigenvalue weighted by atomic mass is 15.1. The van der Waals surface area contributed by atoms with Gasteiger partial charge in [0.2, 0.25) is 0 Å². The van der Waals surface area contributed by atoms with E-state index in [9.17, 15) is 0 Å². The Morgan fingerprint density at radius 2 is 0.840 bits per heavy atom. The molecule has 0 spiro atoms. The van der Waals surface area contributed by atoms with E-state index in [1.807, 2.05) is 0 Å². The van der Waals surface area contributed by atoms with Gasteiger partial charge in [0.25, 0.3) is 0 Å². The molecule has 2 nitrogen and oxygen atoms in total. The molecule has 0 saturated carbocycles. The van der Waals surface area contributed by atoms with E-state index in [1.54, 1.807) is 0 Å². The summed E-state index contributed by atoms with van der Waals surface area (Å²) < 4.78 is 0. The molecule has 0 unspecified atom stereocenters. The molecule has 2 heteroatoms. The van der Waals surface area contributed by atoms with Crippen molar-refractivity contribution in [2.45, 2.75) is 68.2 Å². The molecule has 0 atom stereocenters. The quantitative estimate of drug-likeness (QED) is 0.109. The van der Waals surface area contributed by atoms with E-state index in [2.05, 4.69) is 187 Å². The van der Waals surface area contributed by atoms with Crippen LogP contribution in [0.25, 0.3) is 23.3 Å². The maximum absolute atomic E-state index is 2.50. The predicted octanol–water partition coefficient (Wildman–Crippen LogP) is 12.6. The normalized spacial score (nSPS) is 11.9. The molecule has 0 aromatic heterocycles. The van der Waals surface area contributed by atoms with E-state index in [-0.39, 0.29) is 0 Å². The Morgan fingerprint density at radius 3 is 1.18 bits per heavy atom. The lowest BCUT2D eigenvalue weighted by atomic mass is 9.90. The molecule has 0 heterocycles. The first-order valence-electron chi connectivity index (χ1n) is 18.6. The summed E-state index contributed by atoms with van der Waals surface area (Å²) in [6, 6.07) is 40.9. The maximum atomic E-state index is 2.50. The summed E-state index contributed by atoms with van der Waals surface area (Å²) in [5.74, 6) is 0. The minimum atomic E-state index is 1.00. The third-order valence-corrected chi connectivity index (χ3v) is 9.74. The molecule has 50 heavy (non-hydrogen) atoms. The minimum absolute atomic E-state index is 1.00. The zero-order chi connectivity index (χ0) is 35.6. The summed E-state index contributed by atoms with van der Waals surface area (Å²) in [6.07, 6.45) is 7.00. The van der Waals surface area contributed by atoms with E-state index in [0.717, 1.165) is 39.0 Å². The molecule has 5 aromatic rings. The van der Waals surface area contributed by atoms with Crippen LogP contribution < -0.4 is 9.80 Å². The summed E-state index contributed by atoms with van der Waals surface area (Å²) in [5, 5.41) is 0. The van der Waals surface area contributed by atoms with Crippen LogP contribution in [0, 0.1) is 27.7 Å². The number of hydrogen-bond donors (Lipinski definition) is 0. The highest BCUT2D eigenvalue weighted by molar-refractivity contribution is 5.94. The van der Waals surface area contributed by atoms with Crippen molar-refractivity contribution < 1.29 is 0 Å². The Kier molecular flexibility index (Phi) is 12.6. The van der Waals surface area contributed by atoms with Gasteiger partial charge in [0.05, 0.1) is 0 Å². The maximum Gasteiger partial charge on any atom is 0.0366 e. The van der Waals surface area contributed by atoms with E-state index < -0.39 is 0 Å². The smallest absolute Gasteiger partial charge is 0.0366 e. The summed E-state index contributed by atoms with van der Waals surface area (Å²) in [4.78, 5) is 4.90. The topological polar surface area (TPSA) is 6.48 Å². The van der Waals surface area contributed by atoms with Crippen LogP contribution >= 0.6 is 0 Å². The second kappa shape index (κ2) is 17.2. The molecule has 0 bridgehead atoms. The summed E-state index contributed by atoms with van der Waals surface area (Å²) in [5.41, 5.74) is 17.6. The van der Waals surface area contributed by atoms with Crippen molar-refractivity contribution in [1.29, 1.82) is 0 Å². The van der Waals surface area contributed by atoms with Crippen LogP contribution in [-0.4, -0.2) is 26.2 Å². The highest BCUT2D eigenvalue weighted by Gasteiger charge is 2.13. The van der Waals surface area contributed by atoms with Crippen molar-refractivity contribution in [3.8, 4) is 0 Å². The van der Waals surface area contributed by atoms with Crippen LogP contribution in [-0.2, 0) is 0 Å². The first-order chi connectivity index (χ1) is 24.2. The molecule has 0 aliphatic carbocycles. The fourth-order valence-electron chi connectivity index (χ4n) is 7.09. The molecule has 5 rings (SSSR count). The summed E-state index contributed by atoms with van der Waals surface area (Å²) in [7, 11) is 0. The van der Waals surface area contributed by atoms with Crippen LogP contribution in [0.1, 0.15) is 96.2 Å². The van der Waals surface area contributed by atoms with Crippen molar-refractivity contribution in [2.24, 2.45) is 0 Å². The van der Waals surface area contributed by atoms with Gasteiger partial charge in [-0.25, -0.2) is 0 Å². The molecule has 0 fully saturated rings. The van der Waals surface area contributed by atoms with Gasteiger partial charge >= 0.3 is 0 Å². The minimum Gasteiger partial charge on any atom is -0.372 e. The van der Waals surface area contributed by atoms with Gasteiger partial charge in [0.1, 0.15) is 0 Å². The highest BCUT2D eigenvalue weighted by Crippen LogP contribution is 2.33. The van der Waals surface area contributed by atoms with Gasteiger partial charge in [-0.2, -0.15) is 0 Å². The van der Waals surface area contributed by atoms with Crippen LogP contribution in [0.5, 0.6) is 0 Å². The Morgan fingerprint density at radius 1 is 0.460 bits per heavy atom. The fraction of sp³-hybridized carbons (Fsp3) is 0.292. The molecule has 0 radical (unpaired) electrons.